The van der Waals surface area contributed by atoms with Crippen molar-refractivity contribution in [3.05, 3.63) is 47.5 Å². The van der Waals surface area contributed by atoms with E-state index in [0.717, 1.165) is 12.1 Å². The Kier molecular flexibility index (Phi) is 3.65. The molecule has 1 amide bonds. The van der Waals surface area contributed by atoms with E-state index in [0.29, 0.717) is 0 Å². The van der Waals surface area contributed by atoms with Crippen molar-refractivity contribution in [3.63, 3.8) is 0 Å². The fourth-order valence-corrected chi connectivity index (χ4v) is 1.61. The van der Waals surface area contributed by atoms with Crippen molar-refractivity contribution in [2.24, 2.45) is 17.9 Å². The van der Waals surface area contributed by atoms with Crippen LogP contribution in [0.3, 0.4) is 0 Å². The fraction of sp³-hybridized carbons (Fsp3) is 0.0833. The third-order valence-electron chi connectivity index (χ3n) is 2.56. The maximum Gasteiger partial charge on any atom is 0.276 e. The highest BCUT2D eigenvalue weighted by molar-refractivity contribution is 6.09. The van der Waals surface area contributed by atoms with Crippen LogP contribution in [-0.2, 0) is 7.05 Å². The first kappa shape index (κ1) is 13.5. The van der Waals surface area contributed by atoms with E-state index in [1.54, 1.807) is 13.2 Å². The van der Waals surface area contributed by atoms with Crippen LogP contribution in [0.25, 0.3) is 0 Å². The molecule has 8 heteroatoms. The molecular formula is C12H12FN5O2. The van der Waals surface area contributed by atoms with Crippen molar-refractivity contribution in [1.82, 2.24) is 9.78 Å². The second-order valence-electron chi connectivity index (χ2n) is 4.00. The molecule has 0 spiro atoms. The number of amidine groups is 1. The van der Waals surface area contributed by atoms with Gasteiger partial charge in [-0.05, 0) is 24.3 Å². The number of nitrogens with one attached hydrogen (secondary N) is 1. The third-order valence-corrected chi connectivity index (χ3v) is 2.56. The maximum absolute atomic E-state index is 13.2. The summed E-state index contributed by atoms with van der Waals surface area (Å²) in [5, 5.41) is 17.9. The highest BCUT2D eigenvalue weighted by atomic mass is 19.1. The predicted molar refractivity (Wildman–Crippen MR) is 70.1 cm³/mol. The first-order valence-electron chi connectivity index (χ1n) is 5.59. The molecule has 0 fully saturated rings. The van der Waals surface area contributed by atoms with E-state index in [1.807, 2.05) is 0 Å². The van der Waals surface area contributed by atoms with Crippen LogP contribution in [0.2, 0.25) is 0 Å². The van der Waals surface area contributed by atoms with Crippen LogP contribution < -0.4 is 11.1 Å². The van der Waals surface area contributed by atoms with Crippen molar-refractivity contribution in [3.8, 4) is 0 Å². The van der Waals surface area contributed by atoms with Crippen LogP contribution in [0.5, 0.6) is 0 Å². The molecule has 104 valence electrons. The minimum atomic E-state index is -0.567. The molecule has 0 saturated carbocycles. The van der Waals surface area contributed by atoms with Crippen molar-refractivity contribution < 1.29 is 14.4 Å². The Hall–Kier alpha value is -2.90. The molecule has 1 aromatic heterocycles. The predicted octanol–water partition coefficient (Wildman–Crippen LogP) is 0.906. The molecular weight excluding hydrogens is 265 g/mol. The summed E-state index contributed by atoms with van der Waals surface area (Å²) < 4.78 is 14.7. The fourth-order valence-electron chi connectivity index (χ4n) is 1.61. The molecule has 0 saturated heterocycles. The lowest BCUT2D eigenvalue weighted by atomic mass is 10.1. The van der Waals surface area contributed by atoms with Crippen molar-refractivity contribution in [2.45, 2.75) is 0 Å². The van der Waals surface area contributed by atoms with Gasteiger partial charge in [-0.3, -0.25) is 9.48 Å². The molecule has 0 atom stereocenters. The molecule has 1 heterocycles. The minimum absolute atomic E-state index is 0.0804. The highest BCUT2D eigenvalue weighted by Crippen LogP contribution is 2.17. The second-order valence-corrected chi connectivity index (χ2v) is 4.00. The number of carbonyl (C=O) groups excluding carboxylic acids is 1. The van der Waals surface area contributed by atoms with Gasteiger partial charge in [-0.2, -0.15) is 5.10 Å². The summed E-state index contributed by atoms with van der Waals surface area (Å²) >= 11 is 0. The van der Waals surface area contributed by atoms with Crippen LogP contribution in [-0.4, -0.2) is 26.7 Å². The normalized spacial score (nSPS) is 11.4. The van der Waals surface area contributed by atoms with E-state index in [2.05, 4.69) is 15.6 Å². The van der Waals surface area contributed by atoms with E-state index in [4.69, 9.17) is 10.9 Å². The summed E-state index contributed by atoms with van der Waals surface area (Å²) in [5.41, 5.74) is 5.94. The SMILES string of the molecule is Cn1ccc(C(=O)Nc2ccc(F)cc2/C(N)=N/O)n1. The number of hydrogen-bond acceptors (Lipinski definition) is 4. The van der Waals surface area contributed by atoms with Crippen molar-refractivity contribution >= 4 is 17.4 Å². The molecule has 0 aliphatic rings. The van der Waals surface area contributed by atoms with Crippen LogP contribution >= 0.6 is 0 Å². The molecule has 0 aliphatic carbocycles. The number of hydrogen-bond donors (Lipinski definition) is 3. The maximum atomic E-state index is 13.2. The number of halogens is 1. The lowest BCUT2D eigenvalue weighted by Gasteiger charge is -2.09. The van der Waals surface area contributed by atoms with Gasteiger partial charge in [0, 0.05) is 18.8 Å². The molecule has 0 radical (unpaired) electrons. The first-order chi connectivity index (χ1) is 9.51. The number of nitrogens with two attached hydrogens (primary N) is 1. The standard InChI is InChI=1S/C12H12FN5O2/c1-18-5-4-10(16-18)12(19)15-9-3-2-7(13)6-8(9)11(14)17-20/h2-6,20H,1H3,(H2,14,17)(H,15,19). The lowest BCUT2D eigenvalue weighted by molar-refractivity contribution is 0.102. The van der Waals surface area contributed by atoms with Gasteiger partial charge in [-0.15, -0.1) is 0 Å². The highest BCUT2D eigenvalue weighted by Gasteiger charge is 2.14. The number of aryl methyl sites for hydroxylation is 1. The molecule has 2 rings (SSSR count). The van der Waals surface area contributed by atoms with Gasteiger partial charge >= 0.3 is 0 Å². The van der Waals surface area contributed by atoms with Gasteiger partial charge in [0.15, 0.2) is 11.5 Å². The van der Waals surface area contributed by atoms with Gasteiger partial charge in [-0.1, -0.05) is 5.16 Å². The Morgan fingerprint density at radius 2 is 2.25 bits per heavy atom. The number of carbonyl (C=O) groups is 1. The number of benzene rings is 1. The molecule has 4 N–H and O–H groups in total. The average Bonchev–Trinajstić information content (AvgIpc) is 2.86. The first-order valence-corrected chi connectivity index (χ1v) is 5.59. The quantitative estimate of drug-likeness (QED) is 0.335. The van der Waals surface area contributed by atoms with Crippen LogP contribution in [0, 0.1) is 5.82 Å². The minimum Gasteiger partial charge on any atom is -0.409 e. The monoisotopic (exact) mass is 277 g/mol. The van der Waals surface area contributed by atoms with E-state index < -0.39 is 11.7 Å². The van der Waals surface area contributed by atoms with Gasteiger partial charge in [0.2, 0.25) is 0 Å². The van der Waals surface area contributed by atoms with E-state index in [1.165, 1.54) is 16.8 Å². The van der Waals surface area contributed by atoms with Gasteiger partial charge in [-0.25, -0.2) is 4.39 Å². The summed E-state index contributed by atoms with van der Waals surface area (Å²) in [6, 6.07) is 5.07. The second kappa shape index (κ2) is 5.39. The smallest absolute Gasteiger partial charge is 0.276 e. The summed E-state index contributed by atoms with van der Waals surface area (Å²) in [7, 11) is 1.68. The number of rotatable bonds is 3. The average molecular weight is 277 g/mol. The Labute approximate surface area is 113 Å². The van der Waals surface area contributed by atoms with Crippen LogP contribution in [0.15, 0.2) is 35.6 Å². The molecule has 0 bridgehead atoms. The third kappa shape index (κ3) is 2.74. The number of aromatic nitrogens is 2. The van der Waals surface area contributed by atoms with E-state index in [9.17, 15) is 9.18 Å². The number of oxime groups is 1. The Balaban J connectivity index is 2.32. The van der Waals surface area contributed by atoms with Crippen molar-refractivity contribution in [2.75, 3.05) is 5.32 Å². The largest absolute Gasteiger partial charge is 0.409 e. The zero-order chi connectivity index (χ0) is 14.7. The van der Waals surface area contributed by atoms with Gasteiger partial charge < -0.3 is 16.3 Å². The Morgan fingerprint density at radius 3 is 2.85 bits per heavy atom. The molecule has 2 aromatic rings. The van der Waals surface area contributed by atoms with Crippen molar-refractivity contribution in [1.29, 1.82) is 0 Å². The summed E-state index contributed by atoms with van der Waals surface area (Å²) in [6.07, 6.45) is 1.62. The van der Waals surface area contributed by atoms with Crippen LogP contribution in [0.1, 0.15) is 16.1 Å². The lowest BCUT2D eigenvalue weighted by Crippen LogP contribution is -2.20. The van der Waals surface area contributed by atoms with Gasteiger partial charge in [0.1, 0.15) is 5.82 Å². The molecule has 20 heavy (non-hydrogen) atoms. The van der Waals surface area contributed by atoms with Gasteiger partial charge in [0.05, 0.1) is 5.69 Å². The number of amides is 1. The number of nitrogens with zero attached hydrogens (tertiary/aromatic N) is 3. The van der Waals surface area contributed by atoms with E-state index in [-0.39, 0.29) is 22.8 Å². The molecule has 7 nitrogen and oxygen atoms in total. The summed E-state index contributed by atoms with van der Waals surface area (Å²) in [5.74, 6) is -1.35. The van der Waals surface area contributed by atoms with Crippen LogP contribution in [0.4, 0.5) is 10.1 Å². The molecule has 1 aromatic carbocycles. The summed E-state index contributed by atoms with van der Waals surface area (Å²) in [4.78, 5) is 12.0. The molecule has 0 unspecified atom stereocenters. The van der Waals surface area contributed by atoms with Gasteiger partial charge in [0.25, 0.3) is 5.91 Å². The Morgan fingerprint density at radius 1 is 1.50 bits per heavy atom. The van der Waals surface area contributed by atoms with E-state index >= 15 is 0 Å². The zero-order valence-electron chi connectivity index (χ0n) is 10.5. The topological polar surface area (TPSA) is 106 Å². The number of anilines is 1. The molecule has 0 aliphatic heterocycles. The summed E-state index contributed by atoms with van der Waals surface area (Å²) in [6.45, 7) is 0. The Bertz CT molecular complexity index is 680. The zero-order valence-corrected chi connectivity index (χ0v) is 10.5.